The molecule has 1 spiro atoms. The Bertz CT molecular complexity index is 1470. The first-order valence-corrected chi connectivity index (χ1v) is 12.9. The number of Topliss-reactive ketones (excluding diaryl/α,β-unsaturated/α-hetero) is 1. The van der Waals surface area contributed by atoms with E-state index in [1.807, 2.05) is 23.1 Å². The average Bonchev–Trinajstić information content (AvgIpc) is 3.29. The molecule has 2 aliphatic heterocycles. The quantitative estimate of drug-likeness (QED) is 0.378. The molecule has 0 aromatic heterocycles. The van der Waals surface area contributed by atoms with Crippen molar-refractivity contribution in [2.75, 3.05) is 25.2 Å². The van der Waals surface area contributed by atoms with Gasteiger partial charge >= 0.3 is 0 Å². The predicted molar refractivity (Wildman–Crippen MR) is 129 cm³/mol. The molecule has 8 nitrogen and oxygen atoms in total. The number of carbonyl (C=O) groups excluding carboxylic acids is 2. The van der Waals surface area contributed by atoms with Gasteiger partial charge in [0.05, 0.1) is 10.8 Å². The highest BCUT2D eigenvalue weighted by molar-refractivity contribution is 7.90. The lowest BCUT2D eigenvalue weighted by molar-refractivity contribution is -0.126. The number of likely N-dealkylation sites (N-methyl/N-ethyl adjacent to an activating group) is 1. The highest BCUT2D eigenvalue weighted by Gasteiger charge is 2.64. The number of para-hydroxylation sites is 1. The first kappa shape index (κ1) is 23.1. The number of sulfone groups is 1. The van der Waals surface area contributed by atoms with Crippen LogP contribution in [0.4, 0.5) is 5.69 Å². The molecule has 3 aromatic carbocycles. The zero-order valence-corrected chi connectivity index (χ0v) is 19.9. The minimum atomic E-state index is -3.44. The summed E-state index contributed by atoms with van der Waals surface area (Å²) in [5.41, 5.74) is 0.893. The maximum atomic E-state index is 14.1. The van der Waals surface area contributed by atoms with E-state index in [9.17, 15) is 28.2 Å². The molecule has 5 rings (SSSR count). The minimum Gasteiger partial charge on any atom is -0.504 e. The van der Waals surface area contributed by atoms with Crippen molar-refractivity contribution in [3.8, 4) is 11.5 Å². The number of benzene rings is 3. The smallest absolute Gasteiger partial charge is 0.250 e. The van der Waals surface area contributed by atoms with Crippen LogP contribution in [0.3, 0.4) is 0 Å². The van der Waals surface area contributed by atoms with E-state index in [2.05, 4.69) is 5.32 Å². The normalized spacial score (nSPS) is 23.9. The zero-order valence-electron chi connectivity index (χ0n) is 19.1. The Labute approximate surface area is 202 Å². The van der Waals surface area contributed by atoms with E-state index in [-0.39, 0.29) is 33.6 Å². The lowest BCUT2D eigenvalue weighted by Gasteiger charge is -2.35. The van der Waals surface area contributed by atoms with Crippen LogP contribution in [-0.2, 0) is 20.2 Å². The molecule has 3 unspecified atom stereocenters. The summed E-state index contributed by atoms with van der Waals surface area (Å²) in [6.07, 6.45) is 1.10. The third-order valence-electron chi connectivity index (χ3n) is 7.13. The largest absolute Gasteiger partial charge is 0.504 e. The van der Waals surface area contributed by atoms with Crippen LogP contribution in [0.2, 0.25) is 0 Å². The number of rotatable bonds is 4. The molecular formula is C26H24N2O6S. The number of phenols is 2. The van der Waals surface area contributed by atoms with E-state index in [0.717, 1.165) is 6.26 Å². The van der Waals surface area contributed by atoms with E-state index >= 15 is 0 Å². The van der Waals surface area contributed by atoms with E-state index in [1.165, 1.54) is 36.4 Å². The van der Waals surface area contributed by atoms with Gasteiger partial charge in [0, 0.05) is 35.5 Å². The second kappa shape index (κ2) is 7.93. The topological polar surface area (TPSA) is 124 Å². The Morgan fingerprint density at radius 3 is 2.37 bits per heavy atom. The van der Waals surface area contributed by atoms with Crippen molar-refractivity contribution in [1.29, 1.82) is 0 Å². The molecule has 1 fully saturated rings. The molecule has 3 N–H and O–H groups in total. The van der Waals surface area contributed by atoms with Gasteiger partial charge in [0.15, 0.2) is 27.1 Å². The zero-order chi connectivity index (χ0) is 25.1. The number of likely N-dealkylation sites (tertiary alicyclic amines) is 1. The van der Waals surface area contributed by atoms with Crippen LogP contribution in [0.5, 0.6) is 11.5 Å². The number of amides is 1. The van der Waals surface area contributed by atoms with Gasteiger partial charge in [-0.25, -0.2) is 8.42 Å². The van der Waals surface area contributed by atoms with Crippen LogP contribution in [0.1, 0.15) is 27.4 Å². The van der Waals surface area contributed by atoms with Crippen LogP contribution in [0.15, 0.2) is 71.6 Å². The van der Waals surface area contributed by atoms with Crippen molar-refractivity contribution < 1.29 is 28.2 Å². The number of hydrogen-bond donors (Lipinski definition) is 3. The second-order valence-electron chi connectivity index (χ2n) is 9.14. The number of nitrogens with one attached hydrogen (secondary N) is 1. The number of phenolic OH excluding ortho intramolecular Hbond substituents is 2. The number of ketones is 1. The van der Waals surface area contributed by atoms with Crippen molar-refractivity contribution in [2.24, 2.45) is 5.92 Å². The molecular weight excluding hydrogens is 468 g/mol. The summed E-state index contributed by atoms with van der Waals surface area (Å²) in [4.78, 5) is 29.7. The van der Waals surface area contributed by atoms with Crippen molar-refractivity contribution in [2.45, 2.75) is 16.4 Å². The van der Waals surface area contributed by atoms with Crippen molar-refractivity contribution in [3.05, 3.63) is 83.4 Å². The van der Waals surface area contributed by atoms with E-state index in [0.29, 0.717) is 23.4 Å². The minimum absolute atomic E-state index is 0.0938. The molecule has 3 aromatic rings. The highest BCUT2D eigenvalue weighted by atomic mass is 32.2. The molecule has 180 valence electrons. The number of carbonyl (C=O) groups is 2. The van der Waals surface area contributed by atoms with Crippen molar-refractivity contribution in [3.63, 3.8) is 0 Å². The molecule has 0 aliphatic carbocycles. The summed E-state index contributed by atoms with van der Waals surface area (Å²) in [5.74, 6) is -2.62. The van der Waals surface area contributed by atoms with Crippen molar-refractivity contribution >= 4 is 27.2 Å². The van der Waals surface area contributed by atoms with Crippen LogP contribution in [0, 0.1) is 5.92 Å². The fraction of sp³-hybridized carbons (Fsp3) is 0.231. The molecule has 2 heterocycles. The summed E-state index contributed by atoms with van der Waals surface area (Å²) >= 11 is 0. The molecule has 0 bridgehead atoms. The third kappa shape index (κ3) is 3.42. The molecule has 35 heavy (non-hydrogen) atoms. The third-order valence-corrected chi connectivity index (χ3v) is 8.26. The van der Waals surface area contributed by atoms with Gasteiger partial charge in [-0.05, 0) is 42.9 Å². The standard InChI is InChI=1S/C26H24N2O6S/c1-28-14-18(16-9-12-21(29)22(30)13-16)23(24(31)15-7-10-17(11-8-15)35(2,33)34)26(28)19-5-3-4-6-20(19)27-25(26)32/h3-13,18,23,29-30H,14H2,1-2H3,(H,27,32). The van der Waals surface area contributed by atoms with Gasteiger partial charge in [-0.15, -0.1) is 0 Å². The van der Waals surface area contributed by atoms with Gasteiger partial charge in [0.1, 0.15) is 5.54 Å². The van der Waals surface area contributed by atoms with Gasteiger partial charge in [0.25, 0.3) is 0 Å². The van der Waals surface area contributed by atoms with E-state index < -0.39 is 27.2 Å². The summed E-state index contributed by atoms with van der Waals surface area (Å²) in [6, 6.07) is 17.4. The maximum absolute atomic E-state index is 14.1. The fourth-order valence-electron chi connectivity index (χ4n) is 5.51. The molecule has 0 radical (unpaired) electrons. The maximum Gasteiger partial charge on any atom is 0.250 e. The van der Waals surface area contributed by atoms with Gasteiger partial charge in [-0.2, -0.15) is 0 Å². The van der Waals surface area contributed by atoms with E-state index in [4.69, 9.17) is 0 Å². The highest BCUT2D eigenvalue weighted by Crippen LogP contribution is 2.55. The monoisotopic (exact) mass is 492 g/mol. The number of anilines is 1. The summed E-state index contributed by atoms with van der Waals surface area (Å²) in [7, 11) is -1.66. The number of fused-ring (bicyclic) bond motifs is 2. The molecule has 0 saturated carbocycles. The Morgan fingerprint density at radius 2 is 1.71 bits per heavy atom. The van der Waals surface area contributed by atoms with Gasteiger partial charge in [-0.3, -0.25) is 14.5 Å². The number of hydrogen-bond acceptors (Lipinski definition) is 7. The lowest BCUT2D eigenvalue weighted by Crippen LogP contribution is -2.51. The van der Waals surface area contributed by atoms with Gasteiger partial charge in [-0.1, -0.05) is 36.4 Å². The molecule has 1 amide bonds. The Kier molecular flexibility index (Phi) is 5.23. The molecule has 1 saturated heterocycles. The Morgan fingerprint density at radius 1 is 1.03 bits per heavy atom. The summed E-state index contributed by atoms with van der Waals surface area (Å²) in [5, 5.41) is 22.9. The predicted octanol–water partition coefficient (Wildman–Crippen LogP) is 2.88. The molecule has 3 atom stereocenters. The van der Waals surface area contributed by atoms with Crippen LogP contribution in [0.25, 0.3) is 0 Å². The molecule has 9 heteroatoms. The summed E-state index contributed by atoms with van der Waals surface area (Å²) in [6.45, 7) is 0.337. The van der Waals surface area contributed by atoms with Gasteiger partial charge < -0.3 is 15.5 Å². The first-order chi connectivity index (χ1) is 16.5. The average molecular weight is 493 g/mol. The van der Waals surface area contributed by atoms with E-state index in [1.54, 1.807) is 19.2 Å². The number of aromatic hydroxyl groups is 2. The first-order valence-electron chi connectivity index (χ1n) is 11.0. The second-order valence-corrected chi connectivity index (χ2v) is 11.2. The number of nitrogens with zero attached hydrogens (tertiary/aromatic N) is 1. The fourth-order valence-corrected chi connectivity index (χ4v) is 6.14. The van der Waals surface area contributed by atoms with Crippen molar-refractivity contribution in [1.82, 2.24) is 4.90 Å². The lowest BCUT2D eigenvalue weighted by atomic mass is 9.70. The SMILES string of the molecule is CN1CC(c2ccc(O)c(O)c2)C(C(=O)c2ccc(S(C)(=O)=O)cc2)C12C(=O)Nc1ccccc12. The Balaban J connectivity index is 1.70. The van der Waals surface area contributed by atoms with Crippen LogP contribution < -0.4 is 5.32 Å². The van der Waals surface area contributed by atoms with Crippen LogP contribution in [-0.4, -0.2) is 55.1 Å². The molecule has 2 aliphatic rings. The van der Waals surface area contributed by atoms with Crippen LogP contribution >= 0.6 is 0 Å². The Hall–Kier alpha value is -3.69. The van der Waals surface area contributed by atoms with Gasteiger partial charge in [0.2, 0.25) is 5.91 Å². The summed E-state index contributed by atoms with van der Waals surface area (Å²) < 4.78 is 23.8.